The van der Waals surface area contributed by atoms with Gasteiger partial charge >= 0.3 is 5.97 Å². The first-order valence-electron chi connectivity index (χ1n) is 11.7. The van der Waals surface area contributed by atoms with Crippen molar-refractivity contribution >= 4 is 28.3 Å². The van der Waals surface area contributed by atoms with E-state index in [1.165, 1.54) is 30.3 Å². The van der Waals surface area contributed by atoms with Crippen molar-refractivity contribution in [2.24, 2.45) is 0 Å². The third-order valence-corrected chi connectivity index (χ3v) is 5.58. The molecule has 7 nitrogen and oxygen atoms in total. The molecule has 186 valence electrons. The topological polar surface area (TPSA) is 118 Å². The molecule has 4 N–H and O–H groups in total. The number of hydrogen-bond donors (Lipinski definition) is 2. The van der Waals surface area contributed by atoms with Crippen molar-refractivity contribution in [3.05, 3.63) is 88.3 Å². The molecule has 0 radical (unpaired) electrons. The lowest BCUT2D eigenvalue weighted by molar-refractivity contribution is 0.0497. The number of nitrogen functional groups attached to an aromatic ring is 2. The van der Waals surface area contributed by atoms with E-state index in [1.54, 1.807) is 36.4 Å². The Balaban J connectivity index is 1.22. The molecule has 1 heterocycles. The second kappa shape index (κ2) is 11.4. The Bertz CT molecular complexity index is 1400. The van der Waals surface area contributed by atoms with E-state index in [2.05, 4.69) is 0 Å². The molecule has 4 aromatic rings. The third-order valence-electron chi connectivity index (χ3n) is 5.58. The number of halogens is 1. The summed E-state index contributed by atoms with van der Waals surface area (Å²) in [6, 6.07) is 16.9. The highest BCUT2D eigenvalue weighted by molar-refractivity contribution is 5.91. The van der Waals surface area contributed by atoms with Crippen molar-refractivity contribution in [2.45, 2.75) is 25.7 Å². The molecule has 1 aromatic heterocycles. The Hall–Kier alpha value is -4.33. The average Bonchev–Trinajstić information content (AvgIpc) is 2.85. The van der Waals surface area contributed by atoms with Gasteiger partial charge in [-0.15, -0.1) is 0 Å². The predicted octanol–water partition coefficient (Wildman–Crippen LogP) is 5.56. The highest BCUT2D eigenvalue weighted by atomic mass is 19.1. The quantitative estimate of drug-likeness (QED) is 0.170. The van der Waals surface area contributed by atoms with Crippen LogP contribution in [0.15, 0.2) is 75.9 Å². The van der Waals surface area contributed by atoms with Crippen molar-refractivity contribution < 1.29 is 23.1 Å². The lowest BCUT2D eigenvalue weighted by Crippen LogP contribution is -2.08. The molecule has 0 saturated heterocycles. The number of anilines is 2. The van der Waals surface area contributed by atoms with Crippen LogP contribution in [-0.4, -0.2) is 19.2 Å². The second-order valence-electron chi connectivity index (χ2n) is 8.43. The highest BCUT2D eigenvalue weighted by Gasteiger charge is 2.10. The summed E-state index contributed by atoms with van der Waals surface area (Å²) >= 11 is 0. The molecule has 8 heteroatoms. The first-order chi connectivity index (χ1) is 17.4. The molecule has 36 heavy (non-hydrogen) atoms. The average molecular weight is 491 g/mol. The Kier molecular flexibility index (Phi) is 7.85. The van der Waals surface area contributed by atoms with Crippen molar-refractivity contribution in [1.82, 2.24) is 0 Å². The van der Waals surface area contributed by atoms with Crippen LogP contribution in [0.4, 0.5) is 15.8 Å². The van der Waals surface area contributed by atoms with E-state index in [1.807, 2.05) is 0 Å². The highest BCUT2D eigenvalue weighted by Crippen LogP contribution is 2.25. The van der Waals surface area contributed by atoms with E-state index in [0.717, 1.165) is 25.7 Å². The van der Waals surface area contributed by atoms with Gasteiger partial charge in [0, 0.05) is 29.1 Å². The number of unbranched alkanes of at least 4 members (excludes halogenated alkanes) is 3. The van der Waals surface area contributed by atoms with E-state index in [-0.39, 0.29) is 11.2 Å². The zero-order valence-corrected chi connectivity index (χ0v) is 19.7. The van der Waals surface area contributed by atoms with Crippen LogP contribution in [0.3, 0.4) is 0 Å². The number of esters is 1. The molecule has 3 aromatic carbocycles. The van der Waals surface area contributed by atoms with Gasteiger partial charge < -0.3 is 25.4 Å². The number of hydrogen-bond acceptors (Lipinski definition) is 7. The van der Waals surface area contributed by atoms with Gasteiger partial charge in [0.1, 0.15) is 22.9 Å². The smallest absolute Gasteiger partial charge is 0.338 e. The number of benzene rings is 3. The van der Waals surface area contributed by atoms with Gasteiger partial charge in [0.05, 0.1) is 24.2 Å². The predicted molar refractivity (Wildman–Crippen MR) is 137 cm³/mol. The van der Waals surface area contributed by atoms with E-state index in [4.69, 9.17) is 25.4 Å². The summed E-state index contributed by atoms with van der Waals surface area (Å²) in [7, 11) is 0. The maximum atomic E-state index is 13.2. The maximum absolute atomic E-state index is 13.2. The van der Waals surface area contributed by atoms with Crippen LogP contribution >= 0.6 is 0 Å². The van der Waals surface area contributed by atoms with Crippen molar-refractivity contribution in [3.63, 3.8) is 0 Å². The fraction of sp³-hybridized carbons (Fsp3) is 0.214. The van der Waals surface area contributed by atoms with Crippen LogP contribution < -0.4 is 21.6 Å². The monoisotopic (exact) mass is 490 g/mol. The Morgan fingerprint density at radius 1 is 0.833 bits per heavy atom. The molecule has 0 aliphatic rings. The summed E-state index contributed by atoms with van der Waals surface area (Å²) in [5.74, 6) is 0.159. The van der Waals surface area contributed by atoms with E-state index in [0.29, 0.717) is 58.2 Å². The molecule has 0 aliphatic heterocycles. The molecule has 0 bridgehead atoms. The molecule has 0 fully saturated rings. The lowest BCUT2D eigenvalue weighted by atomic mass is 10.1. The van der Waals surface area contributed by atoms with Crippen molar-refractivity contribution in [2.75, 3.05) is 24.7 Å². The minimum absolute atomic E-state index is 0.179. The molecule has 4 rings (SSSR count). The fourth-order valence-electron chi connectivity index (χ4n) is 3.77. The minimum atomic E-state index is -0.442. The molecule has 0 saturated carbocycles. The zero-order valence-electron chi connectivity index (χ0n) is 19.7. The van der Waals surface area contributed by atoms with Crippen LogP contribution in [0.5, 0.6) is 5.75 Å². The third kappa shape index (κ3) is 6.41. The van der Waals surface area contributed by atoms with Gasteiger partial charge in [-0.25, -0.2) is 9.18 Å². The molecule has 0 atom stereocenters. The van der Waals surface area contributed by atoms with Gasteiger partial charge in [-0.1, -0.05) is 0 Å². The van der Waals surface area contributed by atoms with Crippen molar-refractivity contribution in [1.29, 1.82) is 0 Å². The van der Waals surface area contributed by atoms with Crippen LogP contribution in [0.2, 0.25) is 0 Å². The Labute approximate surface area is 207 Å². The number of carbonyl (C=O) groups excluding carboxylic acids is 1. The van der Waals surface area contributed by atoms with Gasteiger partial charge in [0.2, 0.25) is 0 Å². The van der Waals surface area contributed by atoms with Gasteiger partial charge in [-0.2, -0.15) is 0 Å². The molecule has 0 amide bonds. The SMILES string of the molecule is Nc1cc(N)cc(C(=O)OCCCCCCOc2ccc3c(=O)cc(-c4ccc(F)cc4)oc3c2)c1. The largest absolute Gasteiger partial charge is 0.493 e. The first-order valence-corrected chi connectivity index (χ1v) is 11.7. The van der Waals surface area contributed by atoms with Gasteiger partial charge in [0.15, 0.2) is 5.43 Å². The summed E-state index contributed by atoms with van der Waals surface area (Å²) < 4.78 is 30.2. The number of nitrogens with two attached hydrogens (primary N) is 2. The molecular weight excluding hydrogens is 463 g/mol. The fourth-order valence-corrected chi connectivity index (χ4v) is 3.77. The summed E-state index contributed by atoms with van der Waals surface area (Å²) in [5, 5.41) is 0.448. The second-order valence-corrected chi connectivity index (χ2v) is 8.43. The summed E-state index contributed by atoms with van der Waals surface area (Å²) in [6.45, 7) is 0.810. The maximum Gasteiger partial charge on any atom is 0.338 e. The van der Waals surface area contributed by atoms with Gasteiger partial charge in [-0.3, -0.25) is 4.79 Å². The van der Waals surface area contributed by atoms with Gasteiger partial charge in [0.25, 0.3) is 0 Å². The van der Waals surface area contributed by atoms with Crippen molar-refractivity contribution in [3.8, 4) is 17.1 Å². The van der Waals surface area contributed by atoms with Crippen LogP contribution in [0, 0.1) is 5.82 Å². The molecule has 0 unspecified atom stereocenters. The normalized spacial score (nSPS) is 10.9. The number of fused-ring (bicyclic) bond motifs is 1. The Morgan fingerprint density at radius 3 is 2.25 bits per heavy atom. The molecule has 0 spiro atoms. The van der Waals surface area contributed by atoms with E-state index < -0.39 is 5.97 Å². The van der Waals surface area contributed by atoms with E-state index >= 15 is 0 Å². The van der Waals surface area contributed by atoms with E-state index in [9.17, 15) is 14.0 Å². The van der Waals surface area contributed by atoms with Crippen LogP contribution in [-0.2, 0) is 4.74 Å². The number of carbonyl (C=O) groups is 1. The van der Waals surface area contributed by atoms with Crippen LogP contribution in [0.25, 0.3) is 22.3 Å². The summed E-state index contributed by atoms with van der Waals surface area (Å²) in [4.78, 5) is 24.5. The lowest BCUT2D eigenvalue weighted by Gasteiger charge is -2.09. The number of rotatable bonds is 10. The Morgan fingerprint density at radius 2 is 1.53 bits per heavy atom. The van der Waals surface area contributed by atoms with Crippen LogP contribution in [0.1, 0.15) is 36.0 Å². The summed E-state index contributed by atoms with van der Waals surface area (Å²) in [6.07, 6.45) is 3.33. The number of ether oxygens (including phenoxy) is 2. The molecule has 0 aliphatic carbocycles. The zero-order chi connectivity index (χ0) is 25.5. The first kappa shape index (κ1) is 24.8. The van der Waals surface area contributed by atoms with Gasteiger partial charge in [-0.05, 0) is 80.3 Å². The minimum Gasteiger partial charge on any atom is -0.493 e. The molecular formula is C28H27FN2O5. The summed E-state index contributed by atoms with van der Waals surface area (Å²) in [5.41, 5.74) is 13.4. The standard InChI is InChI=1S/C28H27FN2O5/c29-20-7-5-18(6-8-20)26-17-25(32)24-10-9-23(16-27(24)36-26)34-11-3-1-2-4-12-35-28(33)19-13-21(30)15-22(31)14-19/h5-10,13-17H,1-4,11-12,30-31H2.